The van der Waals surface area contributed by atoms with Crippen LogP contribution in [0.5, 0.6) is 0 Å². The first-order chi connectivity index (χ1) is 3.89. The Morgan fingerprint density at radius 3 is 1.38 bits per heavy atom. The summed E-state index contributed by atoms with van der Waals surface area (Å²) in [5, 5.41) is 0. The van der Waals surface area contributed by atoms with Crippen LogP contribution in [0.25, 0.3) is 0 Å². The molecule has 1 fully saturated rings. The summed E-state index contributed by atoms with van der Waals surface area (Å²) in [5.74, 6) is 0. The van der Waals surface area contributed by atoms with Gasteiger partial charge < -0.3 is 9.05 Å². The third kappa shape index (κ3) is 19.7. The molecule has 0 spiro atoms. The quantitative estimate of drug-likeness (QED) is 0.422. The second-order valence-corrected chi connectivity index (χ2v) is 2.73. The van der Waals surface area contributed by atoms with Gasteiger partial charge in [-0.3, -0.25) is 4.57 Å². The molecule has 0 aromatic heterocycles. The van der Waals surface area contributed by atoms with E-state index >= 15 is 0 Å². The molecule has 1 aliphatic rings. The summed E-state index contributed by atoms with van der Waals surface area (Å²) in [6.45, 7) is 1.19. The van der Waals surface area contributed by atoms with Gasteiger partial charge in [-0.25, -0.2) is 0 Å². The molecular formula is C4H9Na5O3P. The van der Waals surface area contributed by atoms with Gasteiger partial charge in [-0.1, -0.05) is 0 Å². The van der Waals surface area contributed by atoms with E-state index in [0.29, 0.717) is 13.2 Å². The monoisotopic (exact) mass is 251 g/mol. The molecule has 0 amide bonds. The predicted octanol–water partition coefficient (Wildman–Crippen LogP) is -0.701. The molecule has 9 heteroatoms. The molecule has 0 atom stereocenters. The zero-order valence-corrected chi connectivity index (χ0v) is 20.6. The van der Waals surface area contributed by atoms with Gasteiger partial charge in [0.2, 0.25) is 0 Å². The normalized spacial score (nSPS) is 15.4. The van der Waals surface area contributed by atoms with Gasteiger partial charge in [0.1, 0.15) is 0 Å². The van der Waals surface area contributed by atoms with Crippen LogP contribution in [-0.2, 0) is 13.6 Å². The van der Waals surface area contributed by atoms with Gasteiger partial charge >= 0.3 is 8.25 Å². The average molecular weight is 251 g/mol. The van der Waals surface area contributed by atoms with Gasteiger partial charge in [-0.05, 0) is 12.8 Å². The molecule has 0 saturated carbocycles. The Morgan fingerprint density at radius 2 is 1.08 bits per heavy atom. The third-order valence-electron chi connectivity index (χ3n) is 0.979. The third-order valence-corrected chi connectivity index (χ3v) is 1.86. The van der Waals surface area contributed by atoms with Crippen molar-refractivity contribution in [1.82, 2.24) is 0 Å². The maximum absolute atomic E-state index is 10.4. The molecular weight excluding hydrogens is 242 g/mol. The summed E-state index contributed by atoms with van der Waals surface area (Å²) in [4.78, 5) is 0. The summed E-state index contributed by atoms with van der Waals surface area (Å²) in [6.07, 6.45) is 1.94. The molecule has 0 aromatic rings. The first kappa shape index (κ1) is 30.9. The van der Waals surface area contributed by atoms with Crippen LogP contribution in [-0.4, -0.2) is 161 Å². The number of rotatable bonds is 0. The van der Waals surface area contributed by atoms with Crippen LogP contribution in [0.15, 0.2) is 0 Å². The van der Waals surface area contributed by atoms with E-state index in [-0.39, 0.29) is 148 Å². The molecule has 0 unspecified atom stereocenters. The SMILES string of the molecule is O=[PH]1OCCCCO1.[Na].[Na].[Na].[Na].[Na]. The van der Waals surface area contributed by atoms with E-state index in [4.69, 9.17) is 9.05 Å². The fourth-order valence-electron chi connectivity index (χ4n) is 0.557. The molecule has 0 aliphatic carbocycles. The topological polar surface area (TPSA) is 35.5 Å². The molecule has 0 bridgehead atoms. The zero-order valence-electron chi connectivity index (χ0n) is 9.55. The summed E-state index contributed by atoms with van der Waals surface area (Å²) in [7, 11) is -2.08. The van der Waals surface area contributed by atoms with Crippen molar-refractivity contribution >= 4 is 156 Å². The van der Waals surface area contributed by atoms with Crippen LogP contribution in [0, 0.1) is 0 Å². The van der Waals surface area contributed by atoms with E-state index in [2.05, 4.69) is 0 Å². The van der Waals surface area contributed by atoms with Gasteiger partial charge in [0.05, 0.1) is 13.2 Å². The van der Waals surface area contributed by atoms with Crippen LogP contribution in [0.4, 0.5) is 0 Å². The van der Waals surface area contributed by atoms with Crippen molar-refractivity contribution in [3.05, 3.63) is 0 Å². The zero-order chi connectivity index (χ0) is 5.82. The molecule has 5 radical (unpaired) electrons. The largest absolute Gasteiger partial charge is 0.319 e. The van der Waals surface area contributed by atoms with Crippen LogP contribution in [0.3, 0.4) is 0 Å². The molecule has 3 nitrogen and oxygen atoms in total. The van der Waals surface area contributed by atoms with Gasteiger partial charge in [0.25, 0.3) is 0 Å². The number of hydrogen-bond acceptors (Lipinski definition) is 3. The van der Waals surface area contributed by atoms with Crippen molar-refractivity contribution < 1.29 is 13.6 Å². The molecule has 1 heterocycles. The van der Waals surface area contributed by atoms with Crippen LogP contribution >= 0.6 is 8.25 Å². The summed E-state index contributed by atoms with van der Waals surface area (Å²) < 4.78 is 19.9. The Labute approximate surface area is 191 Å². The van der Waals surface area contributed by atoms with Crippen molar-refractivity contribution in [1.29, 1.82) is 0 Å². The Hall–Kier alpha value is 5.15. The minimum absolute atomic E-state index is 0. The Kier molecular flexibility index (Phi) is 53.1. The van der Waals surface area contributed by atoms with Gasteiger partial charge in [0, 0.05) is 148 Å². The smallest absolute Gasteiger partial charge is 0.311 e. The first-order valence-electron chi connectivity index (χ1n) is 2.69. The maximum atomic E-state index is 10.4. The van der Waals surface area contributed by atoms with E-state index in [1.807, 2.05) is 0 Å². The Balaban J connectivity index is -0.0000000427. The summed E-state index contributed by atoms with van der Waals surface area (Å²) in [5.41, 5.74) is 0. The summed E-state index contributed by atoms with van der Waals surface area (Å²) in [6, 6.07) is 0. The van der Waals surface area contributed by atoms with Crippen LogP contribution in [0.1, 0.15) is 12.8 Å². The second-order valence-electron chi connectivity index (χ2n) is 1.65. The minimum Gasteiger partial charge on any atom is -0.311 e. The van der Waals surface area contributed by atoms with E-state index in [9.17, 15) is 4.57 Å². The minimum atomic E-state index is -2.08. The van der Waals surface area contributed by atoms with Crippen molar-refractivity contribution in [3.8, 4) is 0 Å². The van der Waals surface area contributed by atoms with E-state index in [1.54, 1.807) is 0 Å². The van der Waals surface area contributed by atoms with Crippen LogP contribution in [0.2, 0.25) is 0 Å². The molecule has 1 aliphatic heterocycles. The predicted molar refractivity (Wildman–Crippen MR) is 58.9 cm³/mol. The molecule has 0 aromatic carbocycles. The van der Waals surface area contributed by atoms with Crippen molar-refractivity contribution in [2.45, 2.75) is 12.8 Å². The Morgan fingerprint density at radius 1 is 0.769 bits per heavy atom. The maximum Gasteiger partial charge on any atom is 0.319 e. The van der Waals surface area contributed by atoms with E-state index < -0.39 is 8.25 Å². The van der Waals surface area contributed by atoms with Gasteiger partial charge in [0.15, 0.2) is 0 Å². The van der Waals surface area contributed by atoms with Crippen LogP contribution < -0.4 is 0 Å². The van der Waals surface area contributed by atoms with Crippen molar-refractivity contribution in [3.63, 3.8) is 0 Å². The van der Waals surface area contributed by atoms with E-state index in [0.717, 1.165) is 12.8 Å². The van der Waals surface area contributed by atoms with Gasteiger partial charge in [-0.15, -0.1) is 0 Å². The second kappa shape index (κ2) is 22.3. The standard InChI is InChI=1S/C4H9O3P.5Na/c5-8-6-3-1-2-4-7-8;;;;;/h8H,1-4H2;;;;;. The van der Waals surface area contributed by atoms with Crippen molar-refractivity contribution in [2.24, 2.45) is 0 Å². The molecule has 53 valence electrons. The first-order valence-corrected chi connectivity index (χ1v) is 3.91. The molecule has 1 saturated heterocycles. The van der Waals surface area contributed by atoms with Crippen molar-refractivity contribution in [2.75, 3.05) is 13.2 Å². The fourth-order valence-corrected chi connectivity index (χ4v) is 1.26. The van der Waals surface area contributed by atoms with E-state index in [1.165, 1.54) is 0 Å². The average Bonchev–Trinajstić information content (AvgIpc) is 1.94. The Bertz CT molecular complexity index is 95.8. The fraction of sp³-hybridized carbons (Fsp3) is 1.00. The molecule has 0 N–H and O–H groups in total. The summed E-state index contributed by atoms with van der Waals surface area (Å²) >= 11 is 0. The number of hydrogen-bond donors (Lipinski definition) is 0. The molecule has 13 heavy (non-hydrogen) atoms. The van der Waals surface area contributed by atoms with Gasteiger partial charge in [-0.2, -0.15) is 0 Å². The molecule has 1 rings (SSSR count).